The highest BCUT2D eigenvalue weighted by atomic mass is 19.4. The minimum absolute atomic E-state index is 0.0528. The monoisotopic (exact) mass is 511 g/mol. The molecule has 1 aliphatic heterocycles. The van der Waals surface area contributed by atoms with E-state index in [1.165, 1.54) is 17.0 Å². The van der Waals surface area contributed by atoms with Gasteiger partial charge in [0.2, 0.25) is 0 Å². The third-order valence-electron chi connectivity index (χ3n) is 5.94. The lowest BCUT2D eigenvalue weighted by atomic mass is 10.1. The fourth-order valence-corrected chi connectivity index (χ4v) is 4.30. The first kappa shape index (κ1) is 25.7. The summed E-state index contributed by atoms with van der Waals surface area (Å²) in [7, 11) is 0. The molecule has 0 bridgehead atoms. The van der Waals surface area contributed by atoms with Gasteiger partial charge in [-0.05, 0) is 79.8 Å². The van der Waals surface area contributed by atoms with Crippen LogP contribution in [0.2, 0.25) is 0 Å². The van der Waals surface area contributed by atoms with Crippen molar-refractivity contribution in [3.05, 3.63) is 82.4 Å². The molecule has 1 aliphatic rings. The summed E-state index contributed by atoms with van der Waals surface area (Å²) in [6.07, 6.45) is -4.03. The molecule has 0 spiro atoms. The molecule has 192 valence electrons. The molecule has 0 saturated heterocycles. The third kappa shape index (κ3) is 5.42. The number of hydrogen-bond acceptors (Lipinski definition) is 5. The molecule has 0 aliphatic carbocycles. The second-order valence-electron chi connectivity index (χ2n) is 8.85. The number of hydrazone groups is 1. The highest BCUT2D eigenvalue weighted by Crippen LogP contribution is 2.41. The maximum atomic E-state index is 13.5. The number of rotatable bonds is 7. The van der Waals surface area contributed by atoms with Crippen LogP contribution in [-0.4, -0.2) is 27.8 Å². The number of phenols is 1. The van der Waals surface area contributed by atoms with Crippen molar-refractivity contribution >= 4 is 34.7 Å². The molecule has 10 heteroatoms. The van der Waals surface area contributed by atoms with Crippen LogP contribution in [-0.2, 0) is 22.2 Å². The molecular weight excluding hydrogens is 487 g/mol. The van der Waals surface area contributed by atoms with Crippen LogP contribution >= 0.6 is 0 Å². The zero-order chi connectivity index (χ0) is 26.9. The first-order valence-corrected chi connectivity index (χ1v) is 11.5. The second kappa shape index (κ2) is 9.96. The van der Waals surface area contributed by atoms with Crippen molar-refractivity contribution in [2.75, 3.05) is 10.3 Å². The zero-order valence-electron chi connectivity index (χ0n) is 20.1. The van der Waals surface area contributed by atoms with Gasteiger partial charge in [0, 0.05) is 17.7 Å². The summed E-state index contributed by atoms with van der Waals surface area (Å²) in [5.74, 6) is -1.72. The van der Waals surface area contributed by atoms with Gasteiger partial charge in [0.15, 0.2) is 5.71 Å². The number of fused-ring (bicyclic) bond motifs is 1. The number of hydrogen-bond donors (Lipinski definition) is 3. The van der Waals surface area contributed by atoms with Crippen LogP contribution < -0.4 is 10.3 Å². The number of halogens is 3. The predicted octanol–water partition coefficient (Wildman–Crippen LogP) is 5.93. The Bertz CT molecular complexity index is 1400. The molecule has 0 unspecified atom stereocenters. The molecule has 37 heavy (non-hydrogen) atoms. The number of aromatic hydroxyl groups is 1. The van der Waals surface area contributed by atoms with Gasteiger partial charge in [-0.3, -0.25) is 19.9 Å². The van der Waals surface area contributed by atoms with Gasteiger partial charge in [0.05, 0.1) is 16.9 Å². The van der Waals surface area contributed by atoms with Crippen LogP contribution in [0.3, 0.4) is 0 Å². The number of nitrogens with zero attached hydrogens (tertiary/aromatic N) is 2. The molecule has 1 heterocycles. The fourth-order valence-electron chi connectivity index (χ4n) is 4.30. The molecule has 1 amide bonds. The average Bonchev–Trinajstić information content (AvgIpc) is 3.08. The highest BCUT2D eigenvalue weighted by molar-refractivity contribution is 6.55. The number of amides is 1. The summed E-state index contributed by atoms with van der Waals surface area (Å²) in [6, 6.07) is 13.1. The number of carboxylic acids is 1. The van der Waals surface area contributed by atoms with Crippen LogP contribution in [0, 0.1) is 13.8 Å². The minimum Gasteiger partial charge on any atom is -0.505 e. The van der Waals surface area contributed by atoms with Crippen molar-refractivity contribution in [3.8, 4) is 5.75 Å². The summed E-state index contributed by atoms with van der Waals surface area (Å²) in [4.78, 5) is 25.5. The van der Waals surface area contributed by atoms with Crippen molar-refractivity contribution in [3.63, 3.8) is 0 Å². The first-order chi connectivity index (χ1) is 17.5. The number of anilines is 3. The second-order valence-corrected chi connectivity index (χ2v) is 8.85. The van der Waals surface area contributed by atoms with E-state index in [9.17, 15) is 27.9 Å². The Morgan fingerprint density at radius 2 is 1.76 bits per heavy atom. The Morgan fingerprint density at radius 3 is 2.41 bits per heavy atom. The van der Waals surface area contributed by atoms with Crippen molar-refractivity contribution < 1.29 is 33.0 Å². The number of nitrogens with one attached hydrogen (secondary N) is 1. The van der Waals surface area contributed by atoms with E-state index in [0.29, 0.717) is 24.1 Å². The first-order valence-electron chi connectivity index (χ1n) is 11.5. The Hall–Kier alpha value is -4.34. The van der Waals surface area contributed by atoms with E-state index in [0.717, 1.165) is 23.3 Å². The van der Waals surface area contributed by atoms with Crippen LogP contribution in [0.4, 0.5) is 30.2 Å². The topological polar surface area (TPSA) is 102 Å². The molecule has 0 saturated carbocycles. The maximum absolute atomic E-state index is 13.5. The maximum Gasteiger partial charge on any atom is 0.416 e. The standard InChI is InChI=1S/C27H24F3N3O4/c1-15-11-16(2)13-19(12-15)33-22-14-18(27(28,29)30)9-10-20(22)24(26(33)37)32-31-21-7-3-5-17(25(21)36)6-4-8-23(34)35/h3,5,7,9-14,31,36H,4,6,8H2,1-2H3,(H,34,35)/b32-24-. The van der Waals surface area contributed by atoms with Gasteiger partial charge in [-0.15, -0.1) is 0 Å². The van der Waals surface area contributed by atoms with Crippen LogP contribution in [0.15, 0.2) is 59.7 Å². The summed E-state index contributed by atoms with van der Waals surface area (Å²) < 4.78 is 40.5. The van der Waals surface area contributed by atoms with E-state index < -0.39 is 23.6 Å². The van der Waals surface area contributed by atoms with Gasteiger partial charge in [0.1, 0.15) is 5.75 Å². The van der Waals surface area contributed by atoms with Gasteiger partial charge in [-0.25, -0.2) is 0 Å². The molecule has 3 N–H and O–H groups in total. The van der Waals surface area contributed by atoms with Gasteiger partial charge in [-0.1, -0.05) is 18.2 Å². The van der Waals surface area contributed by atoms with E-state index in [-0.39, 0.29) is 34.8 Å². The van der Waals surface area contributed by atoms with Crippen LogP contribution in [0.1, 0.15) is 40.7 Å². The molecule has 3 aromatic carbocycles. The van der Waals surface area contributed by atoms with Gasteiger partial charge in [0.25, 0.3) is 5.91 Å². The van der Waals surface area contributed by atoms with Crippen molar-refractivity contribution in [2.45, 2.75) is 39.3 Å². The number of para-hydroxylation sites is 1. The summed E-state index contributed by atoms with van der Waals surface area (Å²) in [6.45, 7) is 3.65. The number of benzene rings is 3. The van der Waals surface area contributed by atoms with Crippen molar-refractivity contribution in [1.82, 2.24) is 0 Å². The molecule has 4 rings (SSSR count). The lowest BCUT2D eigenvalue weighted by Crippen LogP contribution is -2.26. The Morgan fingerprint density at radius 1 is 1.05 bits per heavy atom. The molecule has 7 nitrogen and oxygen atoms in total. The largest absolute Gasteiger partial charge is 0.505 e. The molecule has 0 fully saturated rings. The van der Waals surface area contributed by atoms with Crippen LogP contribution in [0.5, 0.6) is 5.75 Å². The number of aryl methyl sites for hydroxylation is 3. The highest BCUT2D eigenvalue weighted by Gasteiger charge is 2.39. The van der Waals surface area contributed by atoms with Gasteiger partial charge >= 0.3 is 12.1 Å². The molecule has 3 aromatic rings. The number of phenolic OH excluding ortho intramolecular Hbond substituents is 1. The lowest BCUT2D eigenvalue weighted by molar-refractivity contribution is -0.138. The summed E-state index contributed by atoms with van der Waals surface area (Å²) >= 11 is 0. The molecular formula is C27H24F3N3O4. The summed E-state index contributed by atoms with van der Waals surface area (Å²) in [5, 5.41) is 23.6. The summed E-state index contributed by atoms with van der Waals surface area (Å²) in [5.41, 5.74) is 4.67. The smallest absolute Gasteiger partial charge is 0.416 e. The van der Waals surface area contributed by atoms with E-state index in [1.54, 1.807) is 24.3 Å². The number of carbonyl (C=O) groups is 2. The average molecular weight is 512 g/mol. The van der Waals surface area contributed by atoms with Gasteiger partial charge < -0.3 is 10.2 Å². The van der Waals surface area contributed by atoms with E-state index in [2.05, 4.69) is 10.5 Å². The lowest BCUT2D eigenvalue weighted by Gasteiger charge is -2.19. The normalized spacial score (nSPS) is 14.2. The van der Waals surface area contributed by atoms with Crippen molar-refractivity contribution in [2.24, 2.45) is 5.10 Å². The van der Waals surface area contributed by atoms with E-state index in [1.807, 2.05) is 19.9 Å². The molecule has 0 radical (unpaired) electrons. The predicted molar refractivity (Wildman–Crippen MR) is 133 cm³/mol. The number of aliphatic carboxylic acids is 1. The molecule has 0 atom stereocenters. The number of carboxylic acid groups (broad SMARTS) is 1. The van der Waals surface area contributed by atoms with Gasteiger partial charge in [-0.2, -0.15) is 18.3 Å². The van der Waals surface area contributed by atoms with E-state index >= 15 is 0 Å². The number of carbonyl (C=O) groups excluding carboxylic acids is 1. The Balaban J connectivity index is 1.73. The zero-order valence-corrected chi connectivity index (χ0v) is 20.1. The molecule has 0 aromatic heterocycles. The quantitative estimate of drug-likeness (QED) is 0.270. The number of alkyl halides is 3. The third-order valence-corrected chi connectivity index (χ3v) is 5.94. The minimum atomic E-state index is -4.60. The van der Waals surface area contributed by atoms with E-state index in [4.69, 9.17) is 5.11 Å². The Kier molecular flexibility index (Phi) is 6.93. The fraction of sp³-hybridized carbons (Fsp3) is 0.222. The van der Waals surface area contributed by atoms with Crippen molar-refractivity contribution in [1.29, 1.82) is 0 Å². The SMILES string of the molecule is Cc1cc(C)cc(N2C(=O)/C(=N\Nc3cccc(CCCC(=O)O)c3O)c3ccc(C(F)(F)F)cc32)c1. The Labute approximate surface area is 210 Å². The van der Waals surface area contributed by atoms with Crippen LogP contribution in [0.25, 0.3) is 0 Å².